The monoisotopic (exact) mass is 673 g/mol. The quantitative estimate of drug-likeness (QED) is 0.367. The van der Waals surface area contributed by atoms with Crippen molar-refractivity contribution in [3.8, 4) is 11.3 Å². The number of piperidine rings is 2. The first kappa shape index (κ1) is 34.6. The fourth-order valence-corrected chi connectivity index (χ4v) is 8.40. The molecular formula is C31H46F3N5O4S2. The second-order valence-electron chi connectivity index (χ2n) is 13.3. The molecule has 1 aromatic heterocycles. The lowest BCUT2D eigenvalue weighted by atomic mass is 9.94. The number of likely N-dealkylation sites (tertiary alicyclic amines) is 2. The van der Waals surface area contributed by atoms with E-state index >= 15 is 0 Å². The average Bonchev–Trinajstić information content (AvgIpc) is 3.31. The molecule has 3 aliphatic rings. The van der Waals surface area contributed by atoms with Gasteiger partial charge >= 0.3 is 6.18 Å². The molecule has 252 valence electrons. The number of thioether (sulfide) groups is 1. The lowest BCUT2D eigenvalue weighted by molar-refractivity contribution is -0.139. The highest BCUT2D eigenvalue weighted by molar-refractivity contribution is 7.99. The zero-order valence-corrected chi connectivity index (χ0v) is 28.0. The van der Waals surface area contributed by atoms with E-state index in [-0.39, 0.29) is 24.5 Å². The number of nitrogens with zero attached hydrogens (tertiary/aromatic N) is 5. The van der Waals surface area contributed by atoms with Crippen LogP contribution in [0.25, 0.3) is 11.3 Å². The molecule has 1 atom stereocenters. The number of sulfonamides is 1. The summed E-state index contributed by atoms with van der Waals surface area (Å²) in [5, 5.41) is 26.1. The Morgan fingerprint density at radius 2 is 1.78 bits per heavy atom. The van der Waals surface area contributed by atoms with Gasteiger partial charge in [0.2, 0.25) is 10.0 Å². The van der Waals surface area contributed by atoms with Crippen LogP contribution in [0.1, 0.15) is 56.4 Å². The Kier molecular flexibility index (Phi) is 10.6. The molecule has 14 heteroatoms. The molecule has 0 spiro atoms. The van der Waals surface area contributed by atoms with Crippen molar-refractivity contribution in [2.75, 3.05) is 57.8 Å². The first-order valence-electron chi connectivity index (χ1n) is 15.8. The van der Waals surface area contributed by atoms with Crippen molar-refractivity contribution >= 4 is 21.8 Å². The average molecular weight is 674 g/mol. The first-order chi connectivity index (χ1) is 21.1. The van der Waals surface area contributed by atoms with Gasteiger partial charge < -0.3 is 20.0 Å². The van der Waals surface area contributed by atoms with E-state index in [9.17, 15) is 31.8 Å². The first-order valence-corrected chi connectivity index (χ1v) is 18.7. The third-order valence-corrected chi connectivity index (χ3v) is 11.7. The number of aliphatic hydroxyl groups is 2. The van der Waals surface area contributed by atoms with Gasteiger partial charge in [0.25, 0.3) is 0 Å². The maximum atomic E-state index is 14.1. The summed E-state index contributed by atoms with van der Waals surface area (Å²) in [5.41, 5.74) is 1.000. The van der Waals surface area contributed by atoms with E-state index in [4.69, 9.17) is 5.10 Å². The van der Waals surface area contributed by atoms with E-state index in [2.05, 4.69) is 16.7 Å². The van der Waals surface area contributed by atoms with Crippen molar-refractivity contribution < 1.29 is 31.8 Å². The Balaban J connectivity index is 1.40. The molecule has 2 saturated heterocycles. The fraction of sp³-hybridized carbons (Fsp3) is 0.710. The predicted octanol–water partition coefficient (Wildman–Crippen LogP) is 3.92. The van der Waals surface area contributed by atoms with Gasteiger partial charge in [-0.15, -0.1) is 11.8 Å². The Morgan fingerprint density at radius 3 is 2.42 bits per heavy atom. The van der Waals surface area contributed by atoms with E-state index in [0.29, 0.717) is 73.9 Å². The van der Waals surface area contributed by atoms with Crippen molar-refractivity contribution in [3.63, 3.8) is 0 Å². The van der Waals surface area contributed by atoms with Gasteiger partial charge in [-0.1, -0.05) is 13.0 Å². The van der Waals surface area contributed by atoms with Crippen LogP contribution < -0.4 is 0 Å². The van der Waals surface area contributed by atoms with E-state index in [1.807, 2.05) is 6.92 Å². The van der Waals surface area contributed by atoms with Gasteiger partial charge in [0.05, 0.1) is 35.8 Å². The van der Waals surface area contributed by atoms with E-state index in [0.717, 1.165) is 43.9 Å². The Labute approximate surface area is 268 Å². The third kappa shape index (κ3) is 8.82. The number of β-amino-alcohol motifs (C(OH)–C–C–N with tert-alkyl or cyclic N) is 1. The lowest BCUT2D eigenvalue weighted by Crippen LogP contribution is -2.45. The minimum atomic E-state index is -4.51. The topological polar surface area (TPSA) is 102 Å². The van der Waals surface area contributed by atoms with Crippen LogP contribution in [-0.4, -0.2) is 112 Å². The lowest BCUT2D eigenvalue weighted by Gasteiger charge is -2.36. The molecular weight excluding hydrogens is 628 g/mol. The minimum Gasteiger partial charge on any atom is -0.390 e. The van der Waals surface area contributed by atoms with Crippen LogP contribution in [0.4, 0.5) is 13.2 Å². The van der Waals surface area contributed by atoms with Crippen LogP contribution >= 0.6 is 11.8 Å². The molecule has 45 heavy (non-hydrogen) atoms. The summed E-state index contributed by atoms with van der Waals surface area (Å²) in [6.45, 7) is 8.89. The molecule has 2 aromatic rings. The molecule has 3 aliphatic heterocycles. The summed E-state index contributed by atoms with van der Waals surface area (Å²) in [6, 6.07) is 4.05. The molecule has 2 fully saturated rings. The van der Waals surface area contributed by atoms with Gasteiger partial charge in [-0.25, -0.2) is 8.42 Å². The van der Waals surface area contributed by atoms with Crippen LogP contribution in [0.15, 0.2) is 23.1 Å². The molecule has 4 heterocycles. The third-order valence-electron chi connectivity index (χ3n) is 9.46. The van der Waals surface area contributed by atoms with Crippen LogP contribution in [0.5, 0.6) is 0 Å². The van der Waals surface area contributed by atoms with Gasteiger partial charge in [-0.2, -0.15) is 22.6 Å². The molecule has 0 aliphatic carbocycles. The van der Waals surface area contributed by atoms with Crippen LogP contribution in [0.2, 0.25) is 0 Å². The molecule has 9 nitrogen and oxygen atoms in total. The van der Waals surface area contributed by atoms with Gasteiger partial charge in [0.1, 0.15) is 0 Å². The van der Waals surface area contributed by atoms with E-state index < -0.39 is 33.5 Å². The Bertz CT molecular complexity index is 1430. The second-order valence-corrected chi connectivity index (χ2v) is 16.5. The van der Waals surface area contributed by atoms with Gasteiger partial charge in [-0.05, 0) is 63.7 Å². The van der Waals surface area contributed by atoms with E-state index in [1.165, 1.54) is 28.2 Å². The number of hydrogen-bond acceptors (Lipinski definition) is 8. The summed E-state index contributed by atoms with van der Waals surface area (Å²) in [4.78, 5) is 4.54. The van der Waals surface area contributed by atoms with Crippen molar-refractivity contribution in [1.29, 1.82) is 0 Å². The highest BCUT2D eigenvalue weighted by Gasteiger charge is 2.35. The second kappa shape index (κ2) is 13.8. The standard InChI is InChI=1S/C31H46F3N5O4S2/c1-22-6-11-36(12-7-22)16-17-44-28-18-23(4-5-26(28)31(32,33)34)29-25-21-38(45(3,42)43)13-8-27(25)39(35-29)20-24(40)19-37-14-9-30(2,41)10-15-37/h4-5,18,22,24,40-41H,6-17,19-21H2,1-3H3/t24-/m0/s1. The molecule has 5 rings (SSSR count). The molecule has 0 bridgehead atoms. The molecule has 0 radical (unpaired) electrons. The Hall–Kier alpha value is -1.68. The summed E-state index contributed by atoms with van der Waals surface area (Å²) in [5.74, 6) is 1.20. The minimum absolute atomic E-state index is 0.0671. The SMILES string of the molecule is CC1CCN(CCSc2cc(-c3nn(C[C@@H](O)CN4CCC(C)(O)CC4)c4c3CN(S(C)(=O)=O)CC4)ccc2C(F)(F)F)CC1. The van der Waals surface area contributed by atoms with Crippen LogP contribution in [0.3, 0.4) is 0 Å². The Morgan fingerprint density at radius 1 is 1.09 bits per heavy atom. The molecule has 2 N–H and O–H groups in total. The van der Waals surface area contributed by atoms with Crippen LogP contribution in [-0.2, 0) is 35.7 Å². The van der Waals surface area contributed by atoms with Crippen molar-refractivity contribution in [3.05, 3.63) is 35.0 Å². The maximum Gasteiger partial charge on any atom is 0.417 e. The largest absolute Gasteiger partial charge is 0.417 e. The molecule has 1 aromatic carbocycles. The van der Waals surface area contributed by atoms with E-state index in [1.54, 1.807) is 4.68 Å². The number of benzene rings is 1. The summed E-state index contributed by atoms with van der Waals surface area (Å²) in [7, 11) is -3.51. The zero-order chi connectivity index (χ0) is 32.6. The number of fused-ring (bicyclic) bond motifs is 1. The molecule has 0 amide bonds. The normalized spacial score (nSPS) is 21.6. The van der Waals surface area contributed by atoms with Gasteiger partial charge in [0.15, 0.2) is 0 Å². The highest BCUT2D eigenvalue weighted by atomic mass is 32.2. The van der Waals surface area contributed by atoms with Crippen molar-refractivity contribution in [2.45, 2.75) is 81.8 Å². The summed E-state index contributed by atoms with van der Waals surface area (Å²) in [6.07, 6.45) is -0.319. The molecule has 0 saturated carbocycles. The zero-order valence-electron chi connectivity index (χ0n) is 26.4. The van der Waals surface area contributed by atoms with Gasteiger partial charge in [-0.3, -0.25) is 4.68 Å². The van der Waals surface area contributed by atoms with Crippen LogP contribution in [0, 0.1) is 5.92 Å². The number of aliphatic hydroxyl groups excluding tert-OH is 1. The number of halogens is 3. The number of alkyl halides is 3. The highest BCUT2D eigenvalue weighted by Crippen LogP contribution is 2.40. The van der Waals surface area contributed by atoms with Crippen molar-refractivity contribution in [2.24, 2.45) is 5.92 Å². The maximum absolute atomic E-state index is 14.1. The fourth-order valence-electron chi connectivity index (χ4n) is 6.50. The van der Waals surface area contributed by atoms with Crippen molar-refractivity contribution in [1.82, 2.24) is 23.9 Å². The smallest absolute Gasteiger partial charge is 0.390 e. The number of aromatic nitrogens is 2. The predicted molar refractivity (Wildman–Crippen MR) is 169 cm³/mol. The van der Waals surface area contributed by atoms with Gasteiger partial charge in [0, 0.05) is 73.2 Å². The summed E-state index contributed by atoms with van der Waals surface area (Å²) < 4.78 is 70.3. The molecule has 0 unspecified atom stereocenters. The summed E-state index contributed by atoms with van der Waals surface area (Å²) >= 11 is 1.19. The number of hydrogen-bond donors (Lipinski definition) is 2. The number of rotatable bonds is 10.